The van der Waals surface area contributed by atoms with Gasteiger partial charge in [0.2, 0.25) is 0 Å². The zero-order chi connectivity index (χ0) is 33.7. The topological polar surface area (TPSA) is 79.1 Å². The Labute approximate surface area is 278 Å². The van der Waals surface area contributed by atoms with Gasteiger partial charge >= 0.3 is 5.97 Å². The van der Waals surface area contributed by atoms with Crippen LogP contribution in [0.15, 0.2) is 94.4 Å². The molecule has 244 valence electrons. The van der Waals surface area contributed by atoms with Gasteiger partial charge in [0.1, 0.15) is 12.4 Å². The van der Waals surface area contributed by atoms with Crippen molar-refractivity contribution in [1.82, 2.24) is 4.57 Å². The molecule has 5 rings (SSSR count). The number of allylic oxidation sites excluding steroid dienone is 2. The molecule has 0 amide bonds. The third-order valence-electron chi connectivity index (χ3n) is 7.88. The lowest BCUT2D eigenvalue weighted by Crippen LogP contribution is -2.39. The second kappa shape index (κ2) is 14.8. The minimum Gasteiger partial charge on any atom is -0.490 e. The van der Waals surface area contributed by atoms with Crippen LogP contribution in [0.2, 0.25) is 0 Å². The smallest absolute Gasteiger partial charge is 0.338 e. The summed E-state index contributed by atoms with van der Waals surface area (Å²) >= 11 is 1.25. The lowest BCUT2D eigenvalue weighted by molar-refractivity contribution is -0.139. The maximum atomic E-state index is 14.3. The van der Waals surface area contributed by atoms with E-state index in [1.807, 2.05) is 43.3 Å². The van der Waals surface area contributed by atoms with Crippen molar-refractivity contribution >= 4 is 23.4 Å². The van der Waals surface area contributed by atoms with Gasteiger partial charge in [-0.3, -0.25) is 9.36 Å². The maximum Gasteiger partial charge on any atom is 0.338 e. The van der Waals surface area contributed by atoms with Crippen molar-refractivity contribution in [3.05, 3.63) is 138 Å². The van der Waals surface area contributed by atoms with Crippen LogP contribution in [0.5, 0.6) is 11.5 Å². The monoisotopic (exact) mass is 654 g/mol. The average Bonchev–Trinajstić information content (AvgIpc) is 3.34. The van der Waals surface area contributed by atoms with E-state index >= 15 is 0 Å². The molecular formula is C38H39FN2O5S. The molecule has 2 heterocycles. The quantitative estimate of drug-likeness (QED) is 0.125. The molecule has 9 heteroatoms. The Morgan fingerprint density at radius 2 is 1.81 bits per heavy atom. The second-order valence-electron chi connectivity index (χ2n) is 11.4. The first-order chi connectivity index (χ1) is 22.7. The number of nitrogens with zero attached hydrogens (tertiary/aromatic N) is 2. The molecule has 1 atom stereocenters. The average molecular weight is 655 g/mol. The lowest BCUT2D eigenvalue weighted by atomic mass is 9.93. The number of thiazole rings is 1. The summed E-state index contributed by atoms with van der Waals surface area (Å²) in [6.45, 7) is 14.1. The minimum absolute atomic E-state index is 0.0230. The summed E-state index contributed by atoms with van der Waals surface area (Å²) in [4.78, 5) is 32.6. The number of carbonyl (C=O) groups excluding carboxylic acids is 1. The molecule has 0 bridgehead atoms. The van der Waals surface area contributed by atoms with Gasteiger partial charge in [0.15, 0.2) is 16.3 Å². The first-order valence-electron chi connectivity index (χ1n) is 15.7. The number of benzene rings is 3. The van der Waals surface area contributed by atoms with E-state index in [0.717, 1.165) is 16.7 Å². The Kier molecular flexibility index (Phi) is 10.6. The molecular weight excluding hydrogens is 615 g/mol. The van der Waals surface area contributed by atoms with Gasteiger partial charge in [-0.25, -0.2) is 14.2 Å². The van der Waals surface area contributed by atoms with Crippen LogP contribution < -0.4 is 24.4 Å². The highest BCUT2D eigenvalue weighted by Crippen LogP contribution is 2.35. The zero-order valence-corrected chi connectivity index (χ0v) is 28.2. The van der Waals surface area contributed by atoms with Crippen LogP contribution in [0.3, 0.4) is 0 Å². The van der Waals surface area contributed by atoms with E-state index < -0.39 is 12.0 Å². The molecule has 1 aliphatic heterocycles. The molecule has 0 aliphatic carbocycles. The fraction of sp³-hybridized carbons (Fsp3) is 0.289. The fourth-order valence-electron chi connectivity index (χ4n) is 5.59. The van der Waals surface area contributed by atoms with Gasteiger partial charge in [-0.2, -0.15) is 0 Å². The van der Waals surface area contributed by atoms with E-state index in [1.165, 1.54) is 17.4 Å². The number of rotatable bonds is 12. The molecule has 0 spiro atoms. The number of esters is 1. The number of ether oxygens (including phenoxy) is 3. The zero-order valence-electron chi connectivity index (χ0n) is 27.3. The molecule has 0 unspecified atom stereocenters. The second-order valence-corrected chi connectivity index (χ2v) is 12.4. The number of aromatic nitrogens is 1. The number of carbonyl (C=O) groups is 1. The molecule has 1 aromatic heterocycles. The Bertz CT molecular complexity index is 2010. The maximum absolute atomic E-state index is 14.3. The third kappa shape index (κ3) is 7.15. The Morgan fingerprint density at radius 1 is 1.06 bits per heavy atom. The highest BCUT2D eigenvalue weighted by Gasteiger charge is 2.33. The molecule has 1 aliphatic rings. The van der Waals surface area contributed by atoms with Crippen LogP contribution in [0.1, 0.15) is 74.4 Å². The fourth-order valence-corrected chi connectivity index (χ4v) is 6.63. The van der Waals surface area contributed by atoms with Gasteiger partial charge in [-0.05, 0) is 74.1 Å². The summed E-state index contributed by atoms with van der Waals surface area (Å²) in [7, 11) is 0. The van der Waals surface area contributed by atoms with Gasteiger partial charge in [-0.1, -0.05) is 73.7 Å². The van der Waals surface area contributed by atoms with Crippen molar-refractivity contribution in [2.75, 3.05) is 13.2 Å². The van der Waals surface area contributed by atoms with Gasteiger partial charge in [0, 0.05) is 11.1 Å². The summed E-state index contributed by atoms with van der Waals surface area (Å²) in [6, 6.07) is 17.5. The third-order valence-corrected chi connectivity index (χ3v) is 8.86. The largest absolute Gasteiger partial charge is 0.490 e. The number of fused-ring (bicyclic) bond motifs is 1. The Morgan fingerprint density at radius 3 is 2.47 bits per heavy atom. The van der Waals surface area contributed by atoms with Crippen LogP contribution in [-0.2, 0) is 22.6 Å². The van der Waals surface area contributed by atoms with E-state index in [9.17, 15) is 14.0 Å². The van der Waals surface area contributed by atoms with E-state index in [0.29, 0.717) is 62.2 Å². The molecule has 0 N–H and O–H groups in total. The SMILES string of the molecule is C=CCc1cc(C=c2sc3n(c2=O)[C@@H](c2ccc(C(C)C)cc2)C(C(=O)OCC)=C(C)N=3)cc(OCC)c1OCc1ccccc1F. The molecule has 0 radical (unpaired) electrons. The van der Waals surface area contributed by atoms with Gasteiger partial charge in [0.25, 0.3) is 5.56 Å². The first-order valence-corrected chi connectivity index (χ1v) is 16.5. The number of hydrogen-bond acceptors (Lipinski definition) is 7. The predicted molar refractivity (Wildman–Crippen MR) is 183 cm³/mol. The Hall–Kier alpha value is -4.76. The van der Waals surface area contributed by atoms with Crippen molar-refractivity contribution in [2.24, 2.45) is 4.99 Å². The number of halogens is 1. The van der Waals surface area contributed by atoms with Crippen molar-refractivity contribution in [2.45, 2.75) is 59.6 Å². The van der Waals surface area contributed by atoms with Crippen LogP contribution in [0, 0.1) is 5.82 Å². The number of hydrogen-bond donors (Lipinski definition) is 0. The van der Waals surface area contributed by atoms with Crippen LogP contribution in [0.25, 0.3) is 6.08 Å². The van der Waals surface area contributed by atoms with E-state index in [2.05, 4.69) is 20.4 Å². The van der Waals surface area contributed by atoms with Gasteiger partial charge in [-0.15, -0.1) is 6.58 Å². The predicted octanol–water partition coefficient (Wildman–Crippen LogP) is 6.77. The summed E-state index contributed by atoms with van der Waals surface area (Å²) in [6.07, 6.45) is 4.01. The summed E-state index contributed by atoms with van der Waals surface area (Å²) in [5, 5.41) is 0. The normalized spacial score (nSPS) is 14.5. The first kappa shape index (κ1) is 33.6. The minimum atomic E-state index is -0.696. The Balaban J connectivity index is 1.63. The molecule has 4 aromatic rings. The van der Waals surface area contributed by atoms with Gasteiger partial charge in [0.05, 0.1) is 35.1 Å². The van der Waals surface area contributed by atoms with Crippen LogP contribution in [-0.4, -0.2) is 23.8 Å². The molecule has 3 aromatic carbocycles. The van der Waals surface area contributed by atoms with Crippen molar-refractivity contribution < 1.29 is 23.4 Å². The molecule has 7 nitrogen and oxygen atoms in total. The van der Waals surface area contributed by atoms with E-state index in [-0.39, 0.29) is 24.6 Å². The van der Waals surface area contributed by atoms with Crippen molar-refractivity contribution in [3.63, 3.8) is 0 Å². The summed E-state index contributed by atoms with van der Waals surface area (Å²) in [5.74, 6) is 0.455. The molecule has 0 fully saturated rings. The molecule has 47 heavy (non-hydrogen) atoms. The summed E-state index contributed by atoms with van der Waals surface area (Å²) < 4.78 is 33.9. The van der Waals surface area contributed by atoms with Crippen molar-refractivity contribution in [1.29, 1.82) is 0 Å². The van der Waals surface area contributed by atoms with Crippen molar-refractivity contribution in [3.8, 4) is 11.5 Å². The molecule has 0 saturated heterocycles. The highest BCUT2D eigenvalue weighted by atomic mass is 32.1. The summed E-state index contributed by atoms with van der Waals surface area (Å²) in [5.41, 5.74) is 4.45. The van der Waals surface area contributed by atoms with Crippen LogP contribution >= 0.6 is 11.3 Å². The highest BCUT2D eigenvalue weighted by molar-refractivity contribution is 7.07. The van der Waals surface area contributed by atoms with E-state index in [1.54, 1.807) is 48.8 Å². The molecule has 0 saturated carbocycles. The standard InChI is InChI=1S/C38H39FN2O5S/c1-7-12-28-19-25(20-31(44-8-2)35(28)46-22-29-13-10-11-14-30(29)39)21-32-36(42)41-34(27-17-15-26(16-18-27)23(4)5)33(37(43)45-9-3)24(6)40-38(41)47-32/h7,10-11,13-21,23,34H,1,8-9,12,22H2,2-6H3/t34-/m0/s1. The van der Waals surface area contributed by atoms with Crippen LogP contribution in [0.4, 0.5) is 4.39 Å². The van der Waals surface area contributed by atoms with E-state index in [4.69, 9.17) is 19.2 Å². The lowest BCUT2D eigenvalue weighted by Gasteiger charge is -2.25. The van der Waals surface area contributed by atoms with Gasteiger partial charge < -0.3 is 14.2 Å².